The van der Waals surface area contributed by atoms with Crippen LogP contribution in [0.1, 0.15) is 29.2 Å². The highest BCUT2D eigenvalue weighted by Crippen LogP contribution is 2.36. The number of piperidine rings is 1. The number of aryl methyl sites for hydroxylation is 1. The summed E-state index contributed by atoms with van der Waals surface area (Å²) in [7, 11) is 0. The summed E-state index contributed by atoms with van der Waals surface area (Å²) in [5.41, 5.74) is 2.88. The highest BCUT2D eigenvalue weighted by molar-refractivity contribution is 5.82. The Morgan fingerprint density at radius 2 is 2.00 bits per heavy atom. The SMILES string of the molecule is Cc1cc2oc(=O)cc(CN3C[C@@H]4C[C@H](C3)c3cccc(=O)n3C4)c2cc1O. The van der Waals surface area contributed by atoms with Crippen LogP contribution < -0.4 is 11.2 Å². The van der Waals surface area contributed by atoms with E-state index in [0.29, 0.717) is 29.5 Å². The number of likely N-dealkylation sites (tertiary alicyclic amines) is 1. The van der Waals surface area contributed by atoms with Crippen molar-refractivity contribution in [3.63, 3.8) is 0 Å². The molecule has 3 aromatic rings. The first-order valence-corrected chi connectivity index (χ1v) is 9.66. The predicted octanol–water partition coefficient (Wildman–Crippen LogP) is 2.59. The Bertz CT molecular complexity index is 1190. The fraction of sp³-hybridized carbons (Fsp3) is 0.364. The quantitative estimate of drug-likeness (QED) is 0.694. The van der Waals surface area contributed by atoms with E-state index in [1.807, 2.05) is 10.6 Å². The smallest absolute Gasteiger partial charge is 0.336 e. The summed E-state index contributed by atoms with van der Waals surface area (Å²) in [5.74, 6) is 0.947. The van der Waals surface area contributed by atoms with Gasteiger partial charge in [0.15, 0.2) is 0 Å². The molecule has 6 heteroatoms. The van der Waals surface area contributed by atoms with Crippen LogP contribution >= 0.6 is 0 Å². The minimum absolute atomic E-state index is 0.0816. The maximum absolute atomic E-state index is 12.2. The van der Waals surface area contributed by atoms with Gasteiger partial charge in [-0.15, -0.1) is 0 Å². The second-order valence-electron chi connectivity index (χ2n) is 8.12. The van der Waals surface area contributed by atoms with Gasteiger partial charge >= 0.3 is 5.63 Å². The minimum Gasteiger partial charge on any atom is -0.508 e. The molecule has 2 atom stereocenters. The Morgan fingerprint density at radius 1 is 1.14 bits per heavy atom. The third-order valence-electron chi connectivity index (χ3n) is 6.10. The van der Waals surface area contributed by atoms with Gasteiger partial charge in [-0.2, -0.15) is 0 Å². The summed E-state index contributed by atoms with van der Waals surface area (Å²) < 4.78 is 7.26. The standard InChI is InChI=1S/C22H22N2O4/c1-13-5-20-17(8-19(13)25)15(7-22(27)28-20)11-23-9-14-6-16(12-23)18-3-2-4-21(26)24(18)10-14/h2-5,7-8,14,16,25H,6,9-12H2,1H3/t14-,16+/m0/s1. The van der Waals surface area contributed by atoms with Crippen LogP contribution in [0.25, 0.3) is 11.0 Å². The van der Waals surface area contributed by atoms with Crippen LogP contribution in [0.3, 0.4) is 0 Å². The van der Waals surface area contributed by atoms with Crippen LogP contribution in [0.5, 0.6) is 5.75 Å². The van der Waals surface area contributed by atoms with Gasteiger partial charge in [0.05, 0.1) is 0 Å². The van der Waals surface area contributed by atoms with Gasteiger partial charge in [0.25, 0.3) is 5.56 Å². The Balaban J connectivity index is 1.49. The Hall–Kier alpha value is -2.86. The highest BCUT2D eigenvalue weighted by Gasteiger charge is 2.34. The Kier molecular flexibility index (Phi) is 3.91. The molecule has 2 aliphatic rings. The lowest BCUT2D eigenvalue weighted by Gasteiger charge is -2.42. The minimum atomic E-state index is -0.373. The lowest BCUT2D eigenvalue weighted by molar-refractivity contribution is 0.114. The Labute approximate surface area is 161 Å². The van der Waals surface area contributed by atoms with E-state index in [1.54, 1.807) is 25.1 Å². The molecule has 2 bridgehead atoms. The fourth-order valence-electron chi connectivity index (χ4n) is 4.86. The summed E-state index contributed by atoms with van der Waals surface area (Å²) in [4.78, 5) is 26.6. The number of phenols is 1. The molecule has 0 unspecified atom stereocenters. The molecule has 0 radical (unpaired) electrons. The number of phenolic OH excluding ortho intramolecular Hbond substituents is 1. The van der Waals surface area contributed by atoms with Crippen molar-refractivity contribution in [1.82, 2.24) is 9.47 Å². The van der Waals surface area contributed by atoms with Crippen molar-refractivity contribution in [1.29, 1.82) is 0 Å². The zero-order chi connectivity index (χ0) is 19.4. The first kappa shape index (κ1) is 17.3. The summed E-state index contributed by atoms with van der Waals surface area (Å²) in [6.45, 7) is 4.89. The van der Waals surface area contributed by atoms with E-state index in [0.717, 1.165) is 42.7 Å². The van der Waals surface area contributed by atoms with Crippen molar-refractivity contribution < 1.29 is 9.52 Å². The molecule has 1 saturated heterocycles. The molecule has 0 amide bonds. The molecule has 0 spiro atoms. The van der Waals surface area contributed by atoms with E-state index < -0.39 is 0 Å². The monoisotopic (exact) mass is 378 g/mol. The van der Waals surface area contributed by atoms with Crippen molar-refractivity contribution in [2.75, 3.05) is 13.1 Å². The van der Waals surface area contributed by atoms with Crippen molar-refractivity contribution in [3.05, 3.63) is 74.0 Å². The second kappa shape index (κ2) is 6.34. The molecule has 2 aromatic heterocycles. The molecule has 144 valence electrons. The third kappa shape index (κ3) is 2.85. The average Bonchev–Trinajstić information content (AvgIpc) is 2.64. The average molecular weight is 378 g/mol. The maximum Gasteiger partial charge on any atom is 0.336 e. The molecule has 6 nitrogen and oxygen atoms in total. The molecule has 2 aliphatic heterocycles. The number of aromatic hydroxyl groups is 1. The van der Waals surface area contributed by atoms with Gasteiger partial charge < -0.3 is 14.1 Å². The van der Waals surface area contributed by atoms with E-state index >= 15 is 0 Å². The van der Waals surface area contributed by atoms with Crippen LogP contribution in [0.4, 0.5) is 0 Å². The van der Waals surface area contributed by atoms with E-state index in [9.17, 15) is 14.7 Å². The van der Waals surface area contributed by atoms with Crippen LogP contribution in [-0.2, 0) is 13.1 Å². The van der Waals surface area contributed by atoms with Crippen LogP contribution in [0.15, 0.2) is 50.4 Å². The van der Waals surface area contributed by atoms with Crippen molar-refractivity contribution >= 4 is 11.0 Å². The van der Waals surface area contributed by atoms with E-state index in [1.165, 1.54) is 6.07 Å². The van der Waals surface area contributed by atoms with Crippen LogP contribution in [0.2, 0.25) is 0 Å². The number of benzene rings is 1. The number of rotatable bonds is 2. The first-order chi connectivity index (χ1) is 13.5. The normalized spacial score (nSPS) is 21.6. The first-order valence-electron chi connectivity index (χ1n) is 9.66. The molecular formula is C22H22N2O4. The lowest BCUT2D eigenvalue weighted by atomic mass is 9.83. The van der Waals surface area contributed by atoms with Gasteiger partial charge in [0, 0.05) is 55.3 Å². The molecule has 0 aliphatic carbocycles. The predicted molar refractivity (Wildman–Crippen MR) is 106 cm³/mol. The van der Waals surface area contributed by atoms with E-state index in [-0.39, 0.29) is 16.9 Å². The van der Waals surface area contributed by atoms with E-state index in [2.05, 4.69) is 11.0 Å². The fourth-order valence-corrected chi connectivity index (χ4v) is 4.86. The zero-order valence-electron chi connectivity index (χ0n) is 15.7. The van der Waals surface area contributed by atoms with Gasteiger partial charge in [0.1, 0.15) is 11.3 Å². The molecule has 1 aromatic carbocycles. The number of hydrogen-bond acceptors (Lipinski definition) is 5. The summed E-state index contributed by atoms with van der Waals surface area (Å²) in [6.07, 6.45) is 1.09. The topological polar surface area (TPSA) is 75.7 Å². The van der Waals surface area contributed by atoms with Crippen molar-refractivity contribution in [3.8, 4) is 5.75 Å². The second-order valence-corrected chi connectivity index (χ2v) is 8.12. The summed E-state index contributed by atoms with van der Waals surface area (Å²) >= 11 is 0. The van der Waals surface area contributed by atoms with Gasteiger partial charge in [-0.05, 0) is 48.6 Å². The number of fused-ring (bicyclic) bond motifs is 5. The third-order valence-corrected chi connectivity index (χ3v) is 6.10. The number of pyridine rings is 1. The molecule has 1 N–H and O–H groups in total. The van der Waals surface area contributed by atoms with Gasteiger partial charge in [-0.1, -0.05) is 6.07 Å². The van der Waals surface area contributed by atoms with Gasteiger partial charge in [-0.25, -0.2) is 4.79 Å². The molecule has 1 fully saturated rings. The van der Waals surface area contributed by atoms with Gasteiger partial charge in [0.2, 0.25) is 0 Å². The largest absolute Gasteiger partial charge is 0.508 e. The summed E-state index contributed by atoms with van der Waals surface area (Å²) in [6, 6.07) is 10.4. The summed E-state index contributed by atoms with van der Waals surface area (Å²) in [5, 5.41) is 10.9. The van der Waals surface area contributed by atoms with E-state index in [4.69, 9.17) is 4.42 Å². The maximum atomic E-state index is 12.2. The Morgan fingerprint density at radius 3 is 2.86 bits per heavy atom. The molecule has 0 saturated carbocycles. The van der Waals surface area contributed by atoms with Crippen LogP contribution in [-0.4, -0.2) is 27.7 Å². The van der Waals surface area contributed by atoms with Gasteiger partial charge in [-0.3, -0.25) is 9.69 Å². The van der Waals surface area contributed by atoms with Crippen molar-refractivity contribution in [2.24, 2.45) is 5.92 Å². The molecule has 5 rings (SSSR count). The van der Waals surface area contributed by atoms with Crippen molar-refractivity contribution in [2.45, 2.75) is 32.4 Å². The van der Waals surface area contributed by atoms with Crippen LogP contribution in [0, 0.1) is 12.8 Å². The molecule has 4 heterocycles. The molecule has 28 heavy (non-hydrogen) atoms. The lowest BCUT2D eigenvalue weighted by Crippen LogP contribution is -2.46. The zero-order valence-corrected chi connectivity index (χ0v) is 15.7. The number of hydrogen-bond donors (Lipinski definition) is 1. The molecular weight excluding hydrogens is 356 g/mol. The highest BCUT2D eigenvalue weighted by atomic mass is 16.4. The number of aromatic nitrogens is 1. The number of nitrogens with zero attached hydrogens (tertiary/aromatic N) is 2.